The van der Waals surface area contributed by atoms with E-state index in [1.165, 1.54) is 7.11 Å². The van der Waals surface area contributed by atoms with Crippen LogP contribution in [-0.2, 0) is 42.4 Å². The minimum Gasteiger partial charge on any atom is -0.467 e. The summed E-state index contributed by atoms with van der Waals surface area (Å²) in [4.78, 5) is 12.4. The summed E-state index contributed by atoms with van der Waals surface area (Å²) in [6.07, 6.45) is 14.0. The van der Waals surface area contributed by atoms with Crippen molar-refractivity contribution in [2.45, 2.75) is 173 Å². The molecule has 0 spiro atoms. The van der Waals surface area contributed by atoms with E-state index in [-0.39, 0.29) is 48.1 Å². The van der Waals surface area contributed by atoms with Crippen LogP contribution < -0.4 is 0 Å². The van der Waals surface area contributed by atoms with Crippen molar-refractivity contribution in [2.24, 2.45) is 17.3 Å². The Kier molecular flexibility index (Phi) is 16.8. The third-order valence-electron chi connectivity index (χ3n) is 10.0. The first kappa shape index (κ1) is 39.9. The SMILES string of the molecule is COC(=O)C(OC1CCCCO1)C(O)CCC/C=C\C[C@@H]1[C@H](C(O[Si](C)C)C(C)(C)C)[C@H](OC2CCCCO2)C[C@@H]1OC1CCCCO1. The molecule has 0 bridgehead atoms. The smallest absolute Gasteiger partial charge is 0.337 e. The van der Waals surface area contributed by atoms with E-state index in [0.29, 0.717) is 25.9 Å². The van der Waals surface area contributed by atoms with Crippen molar-refractivity contribution in [2.75, 3.05) is 26.9 Å². The molecule has 277 valence electrons. The number of aliphatic hydroxyl groups is 1. The number of hydrogen-bond acceptors (Lipinski definition) is 10. The van der Waals surface area contributed by atoms with Gasteiger partial charge in [-0.05, 0) is 108 Å². The Hall–Kier alpha value is -0.893. The van der Waals surface area contributed by atoms with Crippen LogP contribution in [0.1, 0.15) is 111 Å². The third-order valence-corrected chi connectivity index (χ3v) is 10.8. The van der Waals surface area contributed by atoms with Gasteiger partial charge in [0, 0.05) is 32.2 Å². The second-order valence-corrected chi connectivity index (χ2v) is 17.4. The standard InChI is InChI=1S/C37H65O10Si/c1-37(2,3)35(47-48(5)6)33-26(28(44-30-19-11-14-22-41-30)25-29(33)45-31-20-12-15-23-42-31)17-9-7-8-10-18-27(38)34(36(39)40-4)46-32-21-13-16-24-43-32/h7,9,26-35,38H,8,10-25H2,1-6H3/b9-7-/t26-,27?,28-,29+,30?,31?,32?,33-,34?,35?/m0/s1. The summed E-state index contributed by atoms with van der Waals surface area (Å²) in [6, 6.07) is 0. The number of unbranched alkanes of at least 4 members (excludes halogenated alkanes) is 1. The lowest BCUT2D eigenvalue weighted by Gasteiger charge is -2.42. The number of ether oxygens (including phenoxy) is 7. The maximum Gasteiger partial charge on any atom is 0.337 e. The average Bonchev–Trinajstić information content (AvgIpc) is 3.39. The van der Waals surface area contributed by atoms with Crippen molar-refractivity contribution >= 4 is 15.0 Å². The van der Waals surface area contributed by atoms with Crippen LogP contribution in [-0.4, -0.2) is 96.4 Å². The molecule has 0 aromatic heterocycles. The molecule has 48 heavy (non-hydrogen) atoms. The molecule has 10 atom stereocenters. The van der Waals surface area contributed by atoms with E-state index in [1.54, 1.807) is 0 Å². The summed E-state index contributed by atoms with van der Waals surface area (Å²) in [7, 11) is 0.335. The van der Waals surface area contributed by atoms with Gasteiger partial charge in [0.25, 0.3) is 0 Å². The van der Waals surface area contributed by atoms with Gasteiger partial charge in [-0.2, -0.15) is 0 Å². The van der Waals surface area contributed by atoms with E-state index >= 15 is 0 Å². The fraction of sp³-hybridized carbons (Fsp3) is 0.919. The van der Waals surface area contributed by atoms with Gasteiger partial charge in [0.1, 0.15) is 0 Å². The maximum absolute atomic E-state index is 12.4. The fourth-order valence-corrected chi connectivity index (χ4v) is 8.62. The monoisotopic (exact) mass is 697 g/mol. The highest BCUT2D eigenvalue weighted by Crippen LogP contribution is 2.47. The molecular formula is C37H65O10Si. The summed E-state index contributed by atoms with van der Waals surface area (Å²) in [5.74, 6) is -0.248. The highest BCUT2D eigenvalue weighted by atomic mass is 28.3. The largest absolute Gasteiger partial charge is 0.467 e. The van der Waals surface area contributed by atoms with Gasteiger partial charge in [-0.3, -0.25) is 0 Å². The quantitative estimate of drug-likeness (QED) is 0.0764. The molecule has 3 heterocycles. The van der Waals surface area contributed by atoms with E-state index in [1.807, 2.05) is 0 Å². The average molecular weight is 698 g/mol. The Labute approximate surface area is 291 Å². The van der Waals surface area contributed by atoms with Crippen LogP contribution in [0.3, 0.4) is 0 Å². The van der Waals surface area contributed by atoms with Gasteiger partial charge in [0.05, 0.1) is 31.5 Å². The van der Waals surface area contributed by atoms with Crippen molar-refractivity contribution in [3.8, 4) is 0 Å². The maximum atomic E-state index is 12.4. The van der Waals surface area contributed by atoms with E-state index in [0.717, 1.165) is 83.8 Å². The Balaban J connectivity index is 1.44. The molecule has 11 heteroatoms. The Bertz CT molecular complexity index is 939. The van der Waals surface area contributed by atoms with Gasteiger partial charge in [-0.1, -0.05) is 32.9 Å². The molecule has 4 aliphatic rings. The predicted octanol–water partition coefficient (Wildman–Crippen LogP) is 6.69. The minimum atomic E-state index is -1.05. The lowest BCUT2D eigenvalue weighted by atomic mass is 9.75. The summed E-state index contributed by atoms with van der Waals surface area (Å²) < 4.78 is 49.0. The summed E-state index contributed by atoms with van der Waals surface area (Å²) in [6.45, 7) is 13.3. The van der Waals surface area contributed by atoms with Crippen LogP contribution >= 0.6 is 0 Å². The molecule has 0 aromatic carbocycles. The van der Waals surface area contributed by atoms with Crippen LogP contribution in [0.15, 0.2) is 12.2 Å². The normalized spacial score (nSPS) is 32.4. The summed E-state index contributed by atoms with van der Waals surface area (Å²) >= 11 is 0. The topological polar surface area (TPSA) is 111 Å². The number of carbonyl (C=O) groups is 1. The molecule has 0 aromatic rings. The number of rotatable bonds is 17. The first-order valence-electron chi connectivity index (χ1n) is 18.8. The van der Waals surface area contributed by atoms with Crippen molar-refractivity contribution in [1.29, 1.82) is 0 Å². The highest BCUT2D eigenvalue weighted by molar-refractivity contribution is 6.48. The zero-order valence-corrected chi connectivity index (χ0v) is 31.6. The first-order chi connectivity index (χ1) is 23.1. The lowest BCUT2D eigenvalue weighted by molar-refractivity contribution is -0.217. The molecule has 1 aliphatic carbocycles. The molecule has 6 unspecified atom stereocenters. The fourth-order valence-electron chi connectivity index (χ4n) is 7.60. The zero-order valence-electron chi connectivity index (χ0n) is 30.6. The van der Waals surface area contributed by atoms with E-state index in [2.05, 4.69) is 46.0 Å². The van der Waals surface area contributed by atoms with Gasteiger partial charge < -0.3 is 42.7 Å². The second-order valence-electron chi connectivity index (χ2n) is 15.3. The Morgan fingerprint density at radius 2 is 1.46 bits per heavy atom. The van der Waals surface area contributed by atoms with Crippen molar-refractivity contribution < 1.29 is 47.5 Å². The molecule has 1 saturated carbocycles. The van der Waals surface area contributed by atoms with Gasteiger partial charge >= 0.3 is 5.97 Å². The van der Waals surface area contributed by atoms with Crippen LogP contribution in [0.2, 0.25) is 13.1 Å². The van der Waals surface area contributed by atoms with E-state index in [9.17, 15) is 9.90 Å². The molecule has 10 nitrogen and oxygen atoms in total. The molecule has 1 radical (unpaired) electrons. The van der Waals surface area contributed by atoms with Crippen LogP contribution in [0.25, 0.3) is 0 Å². The van der Waals surface area contributed by atoms with Crippen LogP contribution in [0, 0.1) is 17.3 Å². The minimum absolute atomic E-state index is 0.00722. The highest BCUT2D eigenvalue weighted by Gasteiger charge is 2.52. The molecule has 4 fully saturated rings. The molecule has 3 aliphatic heterocycles. The van der Waals surface area contributed by atoms with Crippen LogP contribution in [0.5, 0.6) is 0 Å². The van der Waals surface area contributed by atoms with E-state index < -0.39 is 33.5 Å². The van der Waals surface area contributed by atoms with Gasteiger partial charge in [-0.25, -0.2) is 4.79 Å². The zero-order chi connectivity index (χ0) is 34.5. The Morgan fingerprint density at radius 3 is 1.98 bits per heavy atom. The first-order valence-corrected chi connectivity index (χ1v) is 21.2. The van der Waals surface area contributed by atoms with Gasteiger partial charge in [-0.15, -0.1) is 0 Å². The van der Waals surface area contributed by atoms with E-state index in [4.69, 9.17) is 37.6 Å². The summed E-state index contributed by atoms with van der Waals surface area (Å²) in [5.41, 5.74) is -0.0864. The number of allylic oxidation sites excluding steroid dienone is 2. The molecule has 4 rings (SSSR count). The summed E-state index contributed by atoms with van der Waals surface area (Å²) in [5, 5.41) is 10.9. The van der Waals surface area contributed by atoms with Crippen LogP contribution in [0.4, 0.5) is 0 Å². The number of methoxy groups -OCH3 is 1. The molecule has 0 amide bonds. The Morgan fingerprint density at radius 1 is 0.875 bits per heavy atom. The van der Waals surface area contributed by atoms with Crippen molar-refractivity contribution in [3.63, 3.8) is 0 Å². The third kappa shape index (κ3) is 12.4. The molecule has 1 N–H and O–H groups in total. The number of carbonyl (C=O) groups excluding carboxylic acids is 1. The second kappa shape index (κ2) is 20.2. The number of esters is 1. The van der Waals surface area contributed by atoms with Crippen molar-refractivity contribution in [3.05, 3.63) is 12.2 Å². The van der Waals surface area contributed by atoms with Gasteiger partial charge in [0.2, 0.25) is 9.04 Å². The van der Waals surface area contributed by atoms with Gasteiger partial charge in [0.15, 0.2) is 25.0 Å². The lowest BCUT2D eigenvalue weighted by Crippen LogP contribution is -2.47. The molecule has 3 saturated heterocycles. The number of hydrogen-bond donors (Lipinski definition) is 1. The number of aliphatic hydroxyl groups excluding tert-OH is 1. The molecular weight excluding hydrogens is 632 g/mol. The predicted molar refractivity (Wildman–Crippen MR) is 184 cm³/mol. The van der Waals surface area contributed by atoms with Crippen molar-refractivity contribution in [1.82, 2.24) is 0 Å².